The Hall–Kier alpha value is -3.65. The first kappa shape index (κ1) is 27.5. The van der Waals surface area contributed by atoms with E-state index in [4.69, 9.17) is 19.2 Å². The highest BCUT2D eigenvalue weighted by atomic mass is 16.7. The van der Waals surface area contributed by atoms with Crippen LogP contribution in [0.25, 0.3) is 22.6 Å². The molecule has 3 heterocycles. The maximum absolute atomic E-state index is 5.71. The van der Waals surface area contributed by atoms with Crippen molar-refractivity contribution in [2.24, 2.45) is 0 Å². The van der Waals surface area contributed by atoms with Gasteiger partial charge in [0.25, 0.3) is 0 Å². The monoisotopic (exact) mass is 552 g/mol. The Morgan fingerprint density at radius 3 is 2.29 bits per heavy atom. The summed E-state index contributed by atoms with van der Waals surface area (Å²) in [6.07, 6.45) is 2.23. The minimum atomic E-state index is 0.291. The van der Waals surface area contributed by atoms with Crippen LogP contribution in [-0.2, 0) is 24.4 Å². The largest absolute Gasteiger partial charge is 0.454 e. The molecule has 3 aromatic carbocycles. The SMILES string of the molecule is CCCCn1c(-c2ccccc2)nc(-c2ccccc2)c1CN(CCN1CCOCC1)Cc1ccc2c(c1)OCO2. The molecule has 0 unspecified atom stereocenters. The number of imidazole rings is 1. The lowest BCUT2D eigenvalue weighted by molar-refractivity contribution is 0.0324. The molecular weight excluding hydrogens is 512 g/mol. The molecule has 0 bridgehead atoms. The van der Waals surface area contributed by atoms with Gasteiger partial charge in [-0.25, -0.2) is 4.98 Å². The van der Waals surface area contributed by atoms with E-state index < -0.39 is 0 Å². The molecule has 6 rings (SSSR count). The average Bonchev–Trinajstić information content (AvgIpc) is 3.64. The first-order chi connectivity index (χ1) is 20.3. The third kappa shape index (κ3) is 6.64. The van der Waals surface area contributed by atoms with Crippen molar-refractivity contribution < 1.29 is 14.2 Å². The number of nitrogens with zero attached hydrogens (tertiary/aromatic N) is 4. The minimum Gasteiger partial charge on any atom is -0.454 e. The van der Waals surface area contributed by atoms with E-state index in [1.807, 2.05) is 6.07 Å². The predicted octanol–water partition coefficient (Wildman–Crippen LogP) is 6.08. The molecule has 0 aliphatic carbocycles. The molecule has 0 saturated carbocycles. The van der Waals surface area contributed by atoms with Crippen LogP contribution in [0.1, 0.15) is 31.0 Å². The van der Waals surface area contributed by atoms with E-state index in [0.29, 0.717) is 6.79 Å². The second-order valence-electron chi connectivity index (χ2n) is 10.8. The number of fused-ring (bicyclic) bond motifs is 1. The predicted molar refractivity (Wildman–Crippen MR) is 162 cm³/mol. The molecule has 4 aromatic rings. The fraction of sp³-hybridized carbons (Fsp3) is 0.382. The average molecular weight is 553 g/mol. The summed E-state index contributed by atoms with van der Waals surface area (Å²) in [6, 6.07) is 27.6. The Kier molecular flexibility index (Phi) is 8.95. The smallest absolute Gasteiger partial charge is 0.231 e. The molecule has 7 nitrogen and oxygen atoms in total. The van der Waals surface area contributed by atoms with Crippen LogP contribution in [0.5, 0.6) is 11.5 Å². The van der Waals surface area contributed by atoms with Gasteiger partial charge >= 0.3 is 0 Å². The maximum atomic E-state index is 5.71. The molecule has 41 heavy (non-hydrogen) atoms. The van der Waals surface area contributed by atoms with Gasteiger partial charge in [-0.1, -0.05) is 80.1 Å². The molecule has 2 aliphatic rings. The van der Waals surface area contributed by atoms with Gasteiger partial charge in [0.2, 0.25) is 6.79 Å². The molecule has 0 N–H and O–H groups in total. The van der Waals surface area contributed by atoms with Crippen LogP contribution in [0.4, 0.5) is 0 Å². The molecule has 214 valence electrons. The third-order valence-corrected chi connectivity index (χ3v) is 7.94. The number of rotatable bonds is 12. The number of ether oxygens (including phenoxy) is 3. The Morgan fingerprint density at radius 2 is 1.54 bits per heavy atom. The van der Waals surface area contributed by atoms with E-state index in [2.05, 4.69) is 94.1 Å². The second kappa shape index (κ2) is 13.3. The molecule has 7 heteroatoms. The summed E-state index contributed by atoms with van der Waals surface area (Å²) in [6.45, 7) is 10.6. The summed E-state index contributed by atoms with van der Waals surface area (Å²) >= 11 is 0. The van der Waals surface area contributed by atoms with Gasteiger partial charge in [-0.2, -0.15) is 0 Å². The van der Waals surface area contributed by atoms with Crippen molar-refractivity contribution in [2.45, 2.75) is 39.4 Å². The fourth-order valence-electron chi connectivity index (χ4n) is 5.67. The van der Waals surface area contributed by atoms with Crippen molar-refractivity contribution in [3.8, 4) is 34.1 Å². The number of hydrogen-bond donors (Lipinski definition) is 0. The summed E-state index contributed by atoms with van der Waals surface area (Å²) in [7, 11) is 0. The molecule has 1 saturated heterocycles. The molecule has 1 aromatic heterocycles. The Balaban J connectivity index is 1.37. The number of aromatic nitrogens is 2. The minimum absolute atomic E-state index is 0.291. The lowest BCUT2D eigenvalue weighted by Gasteiger charge is -2.30. The highest BCUT2D eigenvalue weighted by molar-refractivity contribution is 5.68. The fourth-order valence-corrected chi connectivity index (χ4v) is 5.67. The first-order valence-electron chi connectivity index (χ1n) is 14.9. The highest BCUT2D eigenvalue weighted by Crippen LogP contribution is 2.34. The van der Waals surface area contributed by atoms with Gasteiger partial charge in [0.1, 0.15) is 5.82 Å². The quantitative estimate of drug-likeness (QED) is 0.212. The summed E-state index contributed by atoms with van der Waals surface area (Å²) in [5.74, 6) is 2.70. The molecule has 0 spiro atoms. The van der Waals surface area contributed by atoms with Crippen molar-refractivity contribution >= 4 is 0 Å². The first-order valence-corrected chi connectivity index (χ1v) is 14.9. The van der Waals surface area contributed by atoms with Crippen LogP contribution in [0, 0.1) is 0 Å². The lowest BCUT2D eigenvalue weighted by atomic mass is 10.1. The van der Waals surface area contributed by atoms with Gasteiger partial charge in [-0.05, 0) is 24.1 Å². The van der Waals surface area contributed by atoms with E-state index in [-0.39, 0.29) is 0 Å². The van der Waals surface area contributed by atoms with Crippen LogP contribution >= 0.6 is 0 Å². The Bertz CT molecular complexity index is 1400. The van der Waals surface area contributed by atoms with Crippen LogP contribution < -0.4 is 9.47 Å². The zero-order valence-corrected chi connectivity index (χ0v) is 24.0. The Morgan fingerprint density at radius 1 is 0.805 bits per heavy atom. The van der Waals surface area contributed by atoms with Crippen molar-refractivity contribution in [3.05, 3.63) is 90.1 Å². The summed E-state index contributed by atoms with van der Waals surface area (Å²) in [5, 5.41) is 0. The number of hydrogen-bond acceptors (Lipinski definition) is 6. The molecule has 0 atom stereocenters. The number of morpholine rings is 1. The normalized spacial score (nSPS) is 15.1. The van der Waals surface area contributed by atoms with Crippen LogP contribution in [0.2, 0.25) is 0 Å². The van der Waals surface area contributed by atoms with E-state index in [1.165, 1.54) is 11.3 Å². The van der Waals surface area contributed by atoms with Gasteiger partial charge in [-0.15, -0.1) is 0 Å². The summed E-state index contributed by atoms with van der Waals surface area (Å²) < 4.78 is 19.4. The van der Waals surface area contributed by atoms with Gasteiger partial charge in [0.15, 0.2) is 11.5 Å². The topological polar surface area (TPSA) is 52.0 Å². The third-order valence-electron chi connectivity index (χ3n) is 7.94. The van der Waals surface area contributed by atoms with E-state index >= 15 is 0 Å². The van der Waals surface area contributed by atoms with E-state index in [9.17, 15) is 0 Å². The zero-order chi connectivity index (χ0) is 27.9. The van der Waals surface area contributed by atoms with Crippen LogP contribution in [-0.4, -0.2) is 65.5 Å². The maximum Gasteiger partial charge on any atom is 0.231 e. The zero-order valence-electron chi connectivity index (χ0n) is 24.0. The van der Waals surface area contributed by atoms with Crippen LogP contribution in [0.15, 0.2) is 78.9 Å². The lowest BCUT2D eigenvalue weighted by Crippen LogP contribution is -2.41. The Labute approximate surface area is 243 Å². The van der Waals surface area contributed by atoms with Gasteiger partial charge in [0, 0.05) is 56.9 Å². The van der Waals surface area contributed by atoms with E-state index in [1.54, 1.807) is 0 Å². The highest BCUT2D eigenvalue weighted by Gasteiger charge is 2.23. The summed E-state index contributed by atoms with van der Waals surface area (Å²) in [4.78, 5) is 10.4. The van der Waals surface area contributed by atoms with Gasteiger partial charge in [-0.3, -0.25) is 9.80 Å². The number of benzene rings is 3. The molecular formula is C34H40N4O3. The van der Waals surface area contributed by atoms with Gasteiger partial charge < -0.3 is 18.8 Å². The second-order valence-corrected chi connectivity index (χ2v) is 10.8. The molecule has 0 amide bonds. The number of unbranched alkanes of at least 4 members (excludes halogenated alkanes) is 1. The molecule has 0 radical (unpaired) electrons. The molecule has 2 aliphatic heterocycles. The van der Waals surface area contributed by atoms with Gasteiger partial charge in [0.05, 0.1) is 24.6 Å². The summed E-state index contributed by atoms with van der Waals surface area (Å²) in [5.41, 5.74) is 5.88. The van der Waals surface area contributed by atoms with Crippen molar-refractivity contribution in [2.75, 3.05) is 46.2 Å². The van der Waals surface area contributed by atoms with Crippen molar-refractivity contribution in [1.29, 1.82) is 0 Å². The standard InChI is InChI=1S/C34H40N4O3/c1-2-3-16-38-30(33(28-10-6-4-7-11-28)35-34(38)29-12-8-5-9-13-29)25-37(18-17-36-19-21-39-22-20-36)24-27-14-15-31-32(23-27)41-26-40-31/h4-15,23H,2-3,16-22,24-26H2,1H3. The molecule has 1 fully saturated rings. The van der Waals surface area contributed by atoms with E-state index in [0.717, 1.165) is 106 Å². The van der Waals surface area contributed by atoms with Crippen molar-refractivity contribution in [3.63, 3.8) is 0 Å². The van der Waals surface area contributed by atoms with Crippen molar-refractivity contribution in [1.82, 2.24) is 19.4 Å². The van der Waals surface area contributed by atoms with Crippen LogP contribution in [0.3, 0.4) is 0 Å².